The third kappa shape index (κ3) is 5.71. The van der Waals surface area contributed by atoms with Gasteiger partial charge in [0.2, 0.25) is 0 Å². The zero-order valence-electron chi connectivity index (χ0n) is 16.8. The average Bonchev–Trinajstić information content (AvgIpc) is 2.78. The fraction of sp³-hybridized carbons (Fsp3) is 0.208. The van der Waals surface area contributed by atoms with Crippen LogP contribution in [0.25, 0.3) is 0 Å². The molecule has 31 heavy (non-hydrogen) atoms. The molecule has 1 fully saturated rings. The lowest BCUT2D eigenvalue weighted by molar-refractivity contribution is 0.102. The molecule has 4 nitrogen and oxygen atoms in total. The highest BCUT2D eigenvalue weighted by Crippen LogP contribution is 2.24. The van der Waals surface area contributed by atoms with Crippen LogP contribution >= 0.6 is 45.8 Å². The third-order valence-electron chi connectivity index (χ3n) is 5.39. The molecular weight excluding hydrogens is 544 g/mol. The van der Waals surface area contributed by atoms with Crippen LogP contribution in [0.5, 0.6) is 0 Å². The van der Waals surface area contributed by atoms with E-state index in [2.05, 4.69) is 55.9 Å². The van der Waals surface area contributed by atoms with Crippen molar-refractivity contribution in [1.29, 1.82) is 0 Å². The van der Waals surface area contributed by atoms with Crippen molar-refractivity contribution in [3.05, 3.63) is 91.5 Å². The average molecular weight is 566 g/mol. The molecule has 1 amide bonds. The van der Waals surface area contributed by atoms with Gasteiger partial charge in [0.15, 0.2) is 0 Å². The molecule has 0 unspecified atom stereocenters. The first-order chi connectivity index (χ1) is 15.0. The van der Waals surface area contributed by atoms with Gasteiger partial charge in [0.05, 0.1) is 10.6 Å². The summed E-state index contributed by atoms with van der Waals surface area (Å²) in [4.78, 5) is 17.4. The lowest BCUT2D eigenvalue weighted by Gasteiger charge is -2.36. The Hall–Kier alpha value is -1.80. The minimum Gasteiger partial charge on any atom is -0.369 e. The molecule has 4 rings (SSSR count). The Morgan fingerprint density at radius 2 is 1.61 bits per heavy atom. The van der Waals surface area contributed by atoms with Gasteiger partial charge in [0, 0.05) is 52.7 Å². The van der Waals surface area contributed by atoms with Crippen molar-refractivity contribution in [1.82, 2.24) is 4.90 Å². The Kier molecular flexibility index (Phi) is 7.38. The Labute approximate surface area is 206 Å². The summed E-state index contributed by atoms with van der Waals surface area (Å²) in [7, 11) is 0. The maximum Gasteiger partial charge on any atom is 0.257 e. The predicted molar refractivity (Wildman–Crippen MR) is 138 cm³/mol. The van der Waals surface area contributed by atoms with Crippen LogP contribution in [0.15, 0.2) is 66.7 Å². The van der Waals surface area contributed by atoms with Crippen LogP contribution in [0, 0.1) is 3.57 Å². The molecular formula is C24H22Cl2IN3O. The van der Waals surface area contributed by atoms with Gasteiger partial charge in [-0.05, 0) is 76.7 Å². The summed E-state index contributed by atoms with van der Waals surface area (Å²) in [6, 6.07) is 21.4. The van der Waals surface area contributed by atoms with Crippen LogP contribution in [0.1, 0.15) is 15.9 Å². The Morgan fingerprint density at radius 1 is 0.903 bits per heavy atom. The molecule has 3 aromatic rings. The van der Waals surface area contributed by atoms with E-state index in [0.29, 0.717) is 10.6 Å². The first kappa shape index (κ1) is 22.4. The molecule has 160 valence electrons. The number of halogens is 3. The molecule has 0 bridgehead atoms. The number of nitrogens with one attached hydrogen (secondary N) is 1. The molecule has 0 saturated carbocycles. The van der Waals surface area contributed by atoms with Crippen molar-refractivity contribution in [2.75, 3.05) is 36.4 Å². The van der Waals surface area contributed by atoms with E-state index < -0.39 is 0 Å². The first-order valence-electron chi connectivity index (χ1n) is 10.1. The molecule has 0 spiro atoms. The lowest BCUT2D eigenvalue weighted by atomic mass is 10.1. The van der Waals surface area contributed by atoms with Gasteiger partial charge in [-0.3, -0.25) is 9.69 Å². The van der Waals surface area contributed by atoms with Crippen LogP contribution < -0.4 is 10.2 Å². The van der Waals surface area contributed by atoms with E-state index in [9.17, 15) is 4.79 Å². The number of benzene rings is 3. The Morgan fingerprint density at radius 3 is 2.32 bits per heavy atom. The van der Waals surface area contributed by atoms with Crippen molar-refractivity contribution in [2.24, 2.45) is 0 Å². The van der Waals surface area contributed by atoms with Gasteiger partial charge in [-0.25, -0.2) is 0 Å². The highest BCUT2D eigenvalue weighted by molar-refractivity contribution is 14.1. The van der Waals surface area contributed by atoms with Crippen LogP contribution in [-0.2, 0) is 6.54 Å². The van der Waals surface area contributed by atoms with Crippen molar-refractivity contribution in [2.45, 2.75) is 6.54 Å². The van der Waals surface area contributed by atoms with E-state index in [0.717, 1.165) is 52.7 Å². The van der Waals surface area contributed by atoms with E-state index in [1.54, 1.807) is 12.1 Å². The Bertz CT molecular complexity index is 1070. The number of nitrogens with zero attached hydrogens (tertiary/aromatic N) is 2. The third-order valence-corrected chi connectivity index (χ3v) is 6.76. The Balaban J connectivity index is 1.33. The quantitative estimate of drug-likeness (QED) is 0.376. The molecule has 1 aliphatic rings. The normalized spacial score (nSPS) is 14.5. The second kappa shape index (κ2) is 10.2. The van der Waals surface area contributed by atoms with Gasteiger partial charge >= 0.3 is 0 Å². The first-order valence-corrected chi connectivity index (χ1v) is 11.9. The highest BCUT2D eigenvalue weighted by Gasteiger charge is 2.18. The summed E-state index contributed by atoms with van der Waals surface area (Å²) >= 11 is 14.6. The fourth-order valence-electron chi connectivity index (χ4n) is 3.66. The van der Waals surface area contributed by atoms with Gasteiger partial charge in [0.25, 0.3) is 5.91 Å². The van der Waals surface area contributed by atoms with E-state index in [1.165, 1.54) is 5.56 Å². The van der Waals surface area contributed by atoms with Crippen LogP contribution in [0.4, 0.5) is 11.4 Å². The molecule has 0 atom stereocenters. The van der Waals surface area contributed by atoms with E-state index in [1.807, 2.05) is 36.4 Å². The molecule has 0 radical (unpaired) electrons. The highest BCUT2D eigenvalue weighted by atomic mass is 127. The van der Waals surface area contributed by atoms with Crippen molar-refractivity contribution < 1.29 is 4.79 Å². The second-order valence-electron chi connectivity index (χ2n) is 7.48. The number of carbonyl (C=O) groups is 1. The fourth-order valence-corrected chi connectivity index (χ4v) is 4.55. The van der Waals surface area contributed by atoms with Crippen LogP contribution in [0.3, 0.4) is 0 Å². The zero-order chi connectivity index (χ0) is 21.8. The monoisotopic (exact) mass is 565 g/mol. The van der Waals surface area contributed by atoms with Crippen molar-refractivity contribution >= 4 is 63.1 Å². The largest absolute Gasteiger partial charge is 0.369 e. The molecule has 1 saturated heterocycles. The number of piperazine rings is 1. The number of carbonyl (C=O) groups excluding carboxylic acids is 1. The summed E-state index contributed by atoms with van der Waals surface area (Å²) in [5.41, 5.74) is 3.56. The lowest BCUT2D eigenvalue weighted by Crippen LogP contribution is -2.46. The van der Waals surface area contributed by atoms with E-state index in [4.69, 9.17) is 23.2 Å². The molecule has 3 aromatic carbocycles. The van der Waals surface area contributed by atoms with Gasteiger partial charge in [-0.1, -0.05) is 41.4 Å². The topological polar surface area (TPSA) is 35.6 Å². The maximum atomic E-state index is 12.6. The van der Waals surface area contributed by atoms with Gasteiger partial charge < -0.3 is 10.2 Å². The zero-order valence-corrected chi connectivity index (χ0v) is 20.5. The summed E-state index contributed by atoms with van der Waals surface area (Å²) in [6.07, 6.45) is 0. The minimum absolute atomic E-state index is 0.204. The van der Waals surface area contributed by atoms with Gasteiger partial charge in [-0.2, -0.15) is 0 Å². The standard InChI is InChI=1S/C24H22Cl2IN3O/c25-22-4-2-1-3-17(22)16-29-11-13-30(14-12-29)20-8-6-19(7-9-20)28-24(31)21-15-18(27)5-10-23(21)26/h1-10,15H,11-14,16H2,(H,28,31). The number of hydrogen-bond donors (Lipinski definition) is 1. The summed E-state index contributed by atoms with van der Waals surface area (Å²) in [5.74, 6) is -0.204. The van der Waals surface area contributed by atoms with Crippen LogP contribution in [-0.4, -0.2) is 37.0 Å². The molecule has 1 N–H and O–H groups in total. The summed E-state index contributed by atoms with van der Waals surface area (Å²) in [6.45, 7) is 4.74. The van der Waals surface area contributed by atoms with E-state index in [-0.39, 0.29) is 5.91 Å². The molecule has 0 aliphatic carbocycles. The number of anilines is 2. The maximum absolute atomic E-state index is 12.6. The van der Waals surface area contributed by atoms with Gasteiger partial charge in [0.1, 0.15) is 0 Å². The minimum atomic E-state index is -0.204. The van der Waals surface area contributed by atoms with Gasteiger partial charge in [-0.15, -0.1) is 0 Å². The molecule has 1 aliphatic heterocycles. The molecule has 0 aromatic heterocycles. The van der Waals surface area contributed by atoms with E-state index >= 15 is 0 Å². The number of amides is 1. The number of rotatable bonds is 5. The summed E-state index contributed by atoms with van der Waals surface area (Å²) < 4.78 is 0.969. The predicted octanol–water partition coefficient (Wildman–Crippen LogP) is 6.17. The number of hydrogen-bond acceptors (Lipinski definition) is 3. The van der Waals surface area contributed by atoms with Crippen LogP contribution in [0.2, 0.25) is 10.0 Å². The molecule has 1 heterocycles. The second-order valence-corrected chi connectivity index (χ2v) is 9.54. The van der Waals surface area contributed by atoms with Crippen molar-refractivity contribution in [3.8, 4) is 0 Å². The SMILES string of the molecule is O=C(Nc1ccc(N2CCN(Cc3ccccc3Cl)CC2)cc1)c1cc(I)ccc1Cl. The smallest absolute Gasteiger partial charge is 0.257 e. The summed E-state index contributed by atoms with van der Waals surface area (Å²) in [5, 5.41) is 4.21. The molecule has 7 heteroatoms. The van der Waals surface area contributed by atoms with Crippen molar-refractivity contribution in [3.63, 3.8) is 0 Å².